The zero-order chi connectivity index (χ0) is 60.1. The van der Waals surface area contributed by atoms with Crippen LogP contribution in [0, 0.1) is 0 Å². The number of hydrogen-bond donors (Lipinski definition) is 2. The second-order valence-corrected chi connectivity index (χ2v) is 23.1. The Morgan fingerprint density at radius 1 is 0.373 bits per heavy atom. The molecule has 0 amide bonds. The fourth-order valence-corrected chi connectivity index (χ4v) is 9.58. The molecule has 0 aliphatic carbocycles. The maximum Gasteiger partial charge on any atom is 0.472 e. The van der Waals surface area contributed by atoms with Crippen molar-refractivity contribution in [3.8, 4) is 0 Å². The molecule has 0 aliphatic rings. The summed E-state index contributed by atoms with van der Waals surface area (Å²) in [4.78, 5) is 35.3. The smallest absolute Gasteiger partial charge is 0.462 e. The quantitative estimate of drug-likeness (QED) is 0.0264. The molecule has 0 aromatic heterocycles. The van der Waals surface area contributed by atoms with Crippen LogP contribution in [0.4, 0.5) is 0 Å². The molecule has 0 rings (SSSR count). The highest BCUT2D eigenvalue weighted by atomic mass is 31.2. The Bertz CT molecular complexity index is 1870. The fraction of sp³-hybridized carbons (Fsp3) is 0.644. The van der Waals surface area contributed by atoms with E-state index in [1.165, 1.54) is 122 Å². The second kappa shape index (κ2) is 67.0. The first-order valence-corrected chi connectivity index (χ1v) is 34.8. The molecule has 2 unspecified atom stereocenters. The van der Waals surface area contributed by atoms with Crippen molar-refractivity contribution in [3.63, 3.8) is 0 Å². The molecule has 83 heavy (non-hydrogen) atoms. The van der Waals surface area contributed by atoms with Gasteiger partial charge in [-0.05, 0) is 122 Å². The predicted octanol–water partition coefficient (Wildman–Crippen LogP) is 21.9. The highest BCUT2D eigenvalue weighted by molar-refractivity contribution is 7.47. The largest absolute Gasteiger partial charge is 0.472 e. The molecule has 10 heteroatoms. The molecule has 2 atom stereocenters. The normalized spacial score (nSPS) is 13.9. The van der Waals surface area contributed by atoms with Crippen LogP contribution in [0.1, 0.15) is 271 Å². The monoisotopic (exact) mass is 1170 g/mol. The number of phosphoric acid groups is 1. The summed E-state index contributed by atoms with van der Waals surface area (Å²) in [7, 11) is -4.41. The minimum Gasteiger partial charge on any atom is -0.462 e. The molecule has 0 bridgehead atoms. The van der Waals surface area contributed by atoms with Crippen molar-refractivity contribution in [3.05, 3.63) is 146 Å². The number of carbonyl (C=O) groups excluding carboxylic acids is 2. The first kappa shape index (κ1) is 78.9. The van der Waals surface area contributed by atoms with Crippen LogP contribution in [0.25, 0.3) is 0 Å². The Balaban J connectivity index is 4.03. The van der Waals surface area contributed by atoms with Crippen molar-refractivity contribution in [2.75, 3.05) is 26.4 Å². The average Bonchev–Trinajstić information content (AvgIpc) is 3.48. The van der Waals surface area contributed by atoms with Crippen LogP contribution in [-0.2, 0) is 32.7 Å². The minimum atomic E-state index is -4.41. The number of esters is 2. The van der Waals surface area contributed by atoms with Gasteiger partial charge in [-0.1, -0.05) is 282 Å². The standard InChI is InChI=1S/C73H122NO8P/c1-3-5-7-9-11-13-15-17-19-21-23-25-27-29-31-32-33-34-35-36-37-38-40-42-44-46-48-50-52-54-56-58-60-62-64-66-73(76)82-71(70-81-83(77,78)80-68-67-74)69-79-72(75)65-63-61-59-57-55-53-51-49-47-45-43-41-39-30-28-26-24-22-20-18-16-14-12-10-8-6-4-2/h5,7,11,13,16-19,22-25,29,31,33-34,36-37,40,42,46,48,52,54,71H,3-4,6,8-10,12,14-15,20-21,26-28,30,32,35,38-39,41,43-45,47,49-51,53,55-70,74H2,1-2H3,(H,77,78)/b7-5-,13-11-,18-16-,19-17-,24-22-,25-23-,31-29-,34-33-,37-36-,42-40-,48-46-,54-52-. The Morgan fingerprint density at radius 3 is 0.988 bits per heavy atom. The molecule has 0 aliphatic heterocycles. The van der Waals surface area contributed by atoms with Gasteiger partial charge in [0.1, 0.15) is 6.61 Å². The summed E-state index contributed by atoms with van der Waals surface area (Å²) in [6.07, 6.45) is 96.3. The van der Waals surface area contributed by atoms with Crippen molar-refractivity contribution in [1.29, 1.82) is 0 Å². The SMILES string of the molecule is CC/C=C\C/C=C\C/C=C\C/C=C\C/C=C\C/C=C\C/C=C\C/C=C\C/C=C\C/C=C\CCCCCCC(=O)OC(COC(=O)CCCCCCCCCCCCCCCCC/C=C\C/C=C\CCCCCCC)COP(=O)(O)OCCN. The van der Waals surface area contributed by atoms with Gasteiger partial charge in [-0.15, -0.1) is 0 Å². The lowest BCUT2D eigenvalue weighted by Gasteiger charge is -2.19. The summed E-state index contributed by atoms with van der Waals surface area (Å²) in [5.41, 5.74) is 5.39. The zero-order valence-electron chi connectivity index (χ0n) is 52.9. The number of phosphoric ester groups is 1. The number of hydrogen-bond acceptors (Lipinski definition) is 8. The molecule has 0 fully saturated rings. The summed E-state index contributed by atoms with van der Waals surface area (Å²) < 4.78 is 33.1. The molecule has 0 spiro atoms. The van der Waals surface area contributed by atoms with E-state index < -0.39 is 32.5 Å². The molecule has 0 aromatic carbocycles. The molecule has 0 saturated heterocycles. The van der Waals surface area contributed by atoms with Crippen LogP contribution in [0.3, 0.4) is 0 Å². The molecule has 0 heterocycles. The molecule has 472 valence electrons. The second-order valence-electron chi connectivity index (χ2n) is 21.6. The molecule has 0 radical (unpaired) electrons. The molecule has 3 N–H and O–H groups in total. The highest BCUT2D eigenvalue weighted by Gasteiger charge is 2.26. The van der Waals surface area contributed by atoms with Crippen LogP contribution in [-0.4, -0.2) is 49.3 Å². The highest BCUT2D eigenvalue weighted by Crippen LogP contribution is 2.43. The van der Waals surface area contributed by atoms with Crippen molar-refractivity contribution in [2.24, 2.45) is 5.73 Å². The summed E-state index contributed by atoms with van der Waals surface area (Å²) in [6.45, 7) is 3.59. The lowest BCUT2D eigenvalue weighted by atomic mass is 10.0. The number of allylic oxidation sites excluding steroid dienone is 24. The van der Waals surface area contributed by atoms with Gasteiger partial charge >= 0.3 is 19.8 Å². The van der Waals surface area contributed by atoms with E-state index in [2.05, 4.69) is 160 Å². The van der Waals surface area contributed by atoms with E-state index in [1.807, 2.05) is 0 Å². The van der Waals surface area contributed by atoms with Gasteiger partial charge in [-0.3, -0.25) is 18.6 Å². The van der Waals surface area contributed by atoms with Gasteiger partial charge in [0, 0.05) is 19.4 Å². The lowest BCUT2D eigenvalue weighted by molar-refractivity contribution is -0.161. The van der Waals surface area contributed by atoms with Gasteiger partial charge in [0.25, 0.3) is 0 Å². The van der Waals surface area contributed by atoms with Crippen LogP contribution in [0.15, 0.2) is 146 Å². The van der Waals surface area contributed by atoms with E-state index in [0.717, 1.165) is 116 Å². The topological polar surface area (TPSA) is 134 Å². The summed E-state index contributed by atoms with van der Waals surface area (Å²) in [6, 6.07) is 0. The van der Waals surface area contributed by atoms with Crippen molar-refractivity contribution < 1.29 is 37.6 Å². The summed E-state index contributed by atoms with van der Waals surface area (Å²) >= 11 is 0. The minimum absolute atomic E-state index is 0.0419. The third kappa shape index (κ3) is 66.9. The van der Waals surface area contributed by atoms with E-state index >= 15 is 0 Å². The van der Waals surface area contributed by atoms with E-state index in [1.54, 1.807) is 0 Å². The molecule has 0 saturated carbocycles. The Hall–Kier alpha value is -4.11. The summed E-state index contributed by atoms with van der Waals surface area (Å²) in [5, 5.41) is 0. The molecular formula is C73H122NO8P. The van der Waals surface area contributed by atoms with E-state index in [-0.39, 0.29) is 32.6 Å². The first-order chi connectivity index (χ1) is 40.8. The number of unbranched alkanes of at least 4 members (excludes halogenated alkanes) is 24. The predicted molar refractivity (Wildman–Crippen MR) is 357 cm³/mol. The molecule has 9 nitrogen and oxygen atoms in total. The van der Waals surface area contributed by atoms with Gasteiger partial charge in [0.05, 0.1) is 13.2 Å². The lowest BCUT2D eigenvalue weighted by Crippen LogP contribution is -2.29. The maximum absolute atomic E-state index is 12.7. The Morgan fingerprint density at radius 2 is 0.663 bits per heavy atom. The fourth-order valence-electron chi connectivity index (χ4n) is 8.81. The summed E-state index contributed by atoms with van der Waals surface area (Å²) in [5.74, 6) is -0.861. The van der Waals surface area contributed by atoms with Crippen LogP contribution >= 0.6 is 7.82 Å². The third-order valence-electron chi connectivity index (χ3n) is 13.7. The molecular weight excluding hydrogens is 1050 g/mol. The van der Waals surface area contributed by atoms with Gasteiger partial charge in [0.2, 0.25) is 0 Å². The first-order valence-electron chi connectivity index (χ1n) is 33.3. The number of ether oxygens (including phenoxy) is 2. The number of carbonyl (C=O) groups is 2. The van der Waals surface area contributed by atoms with Crippen molar-refractivity contribution in [2.45, 2.75) is 277 Å². The number of rotatable bonds is 61. The Labute approximate surface area is 509 Å². The number of nitrogens with two attached hydrogens (primary N) is 1. The van der Waals surface area contributed by atoms with Gasteiger partial charge in [-0.25, -0.2) is 4.57 Å². The van der Waals surface area contributed by atoms with Crippen LogP contribution in [0.2, 0.25) is 0 Å². The Kier molecular flexibility index (Phi) is 63.7. The van der Waals surface area contributed by atoms with E-state index in [9.17, 15) is 19.0 Å². The van der Waals surface area contributed by atoms with Gasteiger partial charge in [0.15, 0.2) is 6.10 Å². The van der Waals surface area contributed by atoms with E-state index in [4.69, 9.17) is 24.3 Å². The van der Waals surface area contributed by atoms with Gasteiger partial charge < -0.3 is 20.1 Å². The van der Waals surface area contributed by atoms with Crippen molar-refractivity contribution >= 4 is 19.8 Å². The zero-order valence-corrected chi connectivity index (χ0v) is 53.8. The van der Waals surface area contributed by atoms with Gasteiger partial charge in [-0.2, -0.15) is 0 Å². The van der Waals surface area contributed by atoms with Crippen LogP contribution in [0.5, 0.6) is 0 Å². The van der Waals surface area contributed by atoms with E-state index in [0.29, 0.717) is 6.42 Å². The third-order valence-corrected chi connectivity index (χ3v) is 14.7. The van der Waals surface area contributed by atoms with Crippen LogP contribution < -0.4 is 5.73 Å². The molecule has 0 aromatic rings. The average molecular weight is 1170 g/mol. The maximum atomic E-state index is 12.7. The van der Waals surface area contributed by atoms with Crippen molar-refractivity contribution in [1.82, 2.24) is 0 Å².